The first-order valence-electron chi connectivity index (χ1n) is 31.5. The normalized spacial score (nSPS) is 11.8. The Morgan fingerprint density at radius 1 is 0.277 bits per heavy atom. The van der Waals surface area contributed by atoms with Crippen LogP contribution in [0.3, 0.4) is 0 Å². The molecule has 0 fully saturated rings. The number of thiophene rings is 2. The van der Waals surface area contributed by atoms with Gasteiger partial charge in [0.1, 0.15) is 0 Å². The number of fused-ring (bicyclic) bond motifs is 20. The van der Waals surface area contributed by atoms with Gasteiger partial charge in [-0.25, -0.2) is 0 Å². The summed E-state index contributed by atoms with van der Waals surface area (Å²) in [5, 5.41) is 33.9. The smallest absolute Gasteiger partial charge is 0.423 e. The Kier molecular flexibility index (Phi) is 13.6. The molecule has 6 heterocycles. The fraction of sp³-hybridized carbons (Fsp3) is 0. The van der Waals surface area contributed by atoms with Crippen LogP contribution in [0.1, 0.15) is 0 Å². The van der Waals surface area contributed by atoms with Gasteiger partial charge in [0.15, 0.2) is 0 Å². The summed E-state index contributed by atoms with van der Waals surface area (Å²) in [6.45, 7) is 0. The minimum Gasteiger partial charge on any atom is -0.423 e. The van der Waals surface area contributed by atoms with Crippen LogP contribution in [-0.2, 0) is 0 Å². The standard InChI is InChI=1S/C42H26N2S.C24H14BrNS.C18H14BNO2/c1-3-13-28(14-4-1)43-36-20-10-7-17-30(36)34-25-27(23-24-38(34)43)33-26-35-31-18-8-11-21-37(31)44(29-15-5-2-6-16-29)41(35)42-40(33)32-19-9-12-22-39(32)45-42;25-19-14-18-16-10-4-6-12-20(16)26(15-8-2-1-3-9-15)23(18)24-22(19)17-11-5-7-13-21(17)27-24;21-19(22)13-10-11-18-16(12-13)15-8-4-5-9-17(15)20(18)14-6-2-1-3-7-14/h1-26H;1-14H;1-12,21-22H. The van der Waals surface area contributed by atoms with E-state index in [0.717, 1.165) is 27.5 Å². The minimum atomic E-state index is -1.46. The molecule has 20 aromatic rings. The van der Waals surface area contributed by atoms with E-state index in [0.29, 0.717) is 5.46 Å². The Morgan fingerprint density at radius 3 is 1.09 bits per heavy atom. The summed E-state index contributed by atoms with van der Waals surface area (Å²) < 4.78 is 15.9. The van der Waals surface area contributed by atoms with Crippen molar-refractivity contribution in [3.05, 3.63) is 320 Å². The zero-order chi connectivity index (χ0) is 62.5. The highest BCUT2D eigenvalue weighted by Gasteiger charge is 2.24. The van der Waals surface area contributed by atoms with E-state index in [1.165, 1.54) is 138 Å². The van der Waals surface area contributed by atoms with E-state index in [4.69, 9.17) is 0 Å². The maximum Gasteiger partial charge on any atom is 0.488 e. The molecule has 444 valence electrons. The second kappa shape index (κ2) is 22.8. The number of nitrogens with zero attached hydrogens (tertiary/aromatic N) is 4. The van der Waals surface area contributed by atoms with Gasteiger partial charge in [0.2, 0.25) is 0 Å². The summed E-state index contributed by atoms with van der Waals surface area (Å²) in [6.07, 6.45) is 0. The molecule has 94 heavy (non-hydrogen) atoms. The first-order valence-corrected chi connectivity index (χ1v) is 33.9. The van der Waals surface area contributed by atoms with Crippen LogP contribution in [-0.4, -0.2) is 35.4 Å². The summed E-state index contributed by atoms with van der Waals surface area (Å²) >= 11 is 7.65. The fourth-order valence-electron chi connectivity index (χ4n) is 14.5. The third-order valence-corrected chi connectivity index (χ3v) is 21.5. The fourth-order valence-corrected chi connectivity index (χ4v) is 17.8. The molecule has 0 spiro atoms. The van der Waals surface area contributed by atoms with Gasteiger partial charge in [-0.3, -0.25) is 0 Å². The zero-order valence-electron chi connectivity index (χ0n) is 50.5. The maximum atomic E-state index is 9.43. The molecule has 10 heteroatoms. The van der Waals surface area contributed by atoms with E-state index in [1.54, 1.807) is 6.07 Å². The monoisotopic (exact) mass is 1300 g/mol. The van der Waals surface area contributed by atoms with Crippen molar-refractivity contribution in [3.8, 4) is 33.9 Å². The molecule has 20 rings (SSSR count). The van der Waals surface area contributed by atoms with Crippen LogP contribution in [0.2, 0.25) is 0 Å². The molecule has 0 aliphatic carbocycles. The van der Waals surface area contributed by atoms with E-state index in [-0.39, 0.29) is 0 Å². The van der Waals surface area contributed by atoms with Crippen molar-refractivity contribution in [1.29, 1.82) is 0 Å². The van der Waals surface area contributed by atoms with Gasteiger partial charge in [0, 0.05) is 101 Å². The van der Waals surface area contributed by atoms with Crippen LogP contribution in [0, 0.1) is 0 Å². The zero-order valence-corrected chi connectivity index (χ0v) is 53.7. The minimum absolute atomic E-state index is 0.503. The van der Waals surface area contributed by atoms with Crippen LogP contribution in [0.15, 0.2) is 320 Å². The number of benzene rings is 14. The molecule has 2 N–H and O–H groups in total. The SMILES string of the molecule is Brc1cc2c3ccccc3n(-c3ccccc3)c2c2sc3ccccc3c12.OB(O)c1ccc2c(c1)c1ccccc1n2-c1ccccc1.c1ccc(-n2c3ccccc3c3cc(-c4cc5c6ccccc6n(-c6ccccc6)c5c5sc6ccccc6c45)ccc32)cc1. The summed E-state index contributed by atoms with van der Waals surface area (Å²) in [5.74, 6) is 0. The topological polar surface area (TPSA) is 60.2 Å². The highest BCUT2D eigenvalue weighted by atomic mass is 79.9. The van der Waals surface area contributed by atoms with Crippen molar-refractivity contribution in [2.75, 3.05) is 0 Å². The molecular formula is C84H54BBrN4O2S2. The molecular weight excluding hydrogens is 1250 g/mol. The lowest BCUT2D eigenvalue weighted by Crippen LogP contribution is -2.29. The quantitative estimate of drug-likeness (QED) is 0.163. The number of halogens is 1. The molecule has 0 unspecified atom stereocenters. The number of rotatable bonds is 6. The summed E-state index contributed by atoms with van der Waals surface area (Å²) in [5.41, 5.74) is 17.3. The number of aromatic nitrogens is 4. The van der Waals surface area contributed by atoms with Gasteiger partial charge in [-0.2, -0.15) is 0 Å². The average molecular weight is 1310 g/mol. The molecule has 14 aromatic carbocycles. The van der Waals surface area contributed by atoms with Crippen molar-refractivity contribution >= 4 is 179 Å². The van der Waals surface area contributed by atoms with E-state index >= 15 is 0 Å². The second-order valence-electron chi connectivity index (χ2n) is 23.8. The third-order valence-electron chi connectivity index (χ3n) is 18.6. The van der Waals surface area contributed by atoms with E-state index in [9.17, 15) is 10.0 Å². The lowest BCUT2D eigenvalue weighted by Gasteiger charge is -2.11. The van der Waals surface area contributed by atoms with E-state index in [2.05, 4.69) is 301 Å². The predicted molar refractivity (Wildman–Crippen MR) is 405 cm³/mol. The van der Waals surface area contributed by atoms with Gasteiger partial charge in [-0.1, -0.05) is 216 Å². The number of hydrogen-bond donors (Lipinski definition) is 2. The molecule has 0 amide bonds. The Bertz CT molecular complexity index is 6350. The van der Waals surface area contributed by atoms with Crippen molar-refractivity contribution in [2.45, 2.75) is 0 Å². The number of para-hydroxylation sites is 8. The lowest BCUT2D eigenvalue weighted by atomic mass is 9.80. The van der Waals surface area contributed by atoms with Gasteiger partial charge in [-0.05, 0) is 132 Å². The molecule has 6 aromatic heterocycles. The molecule has 0 aliphatic rings. The van der Waals surface area contributed by atoms with Crippen LogP contribution < -0.4 is 5.46 Å². The van der Waals surface area contributed by atoms with E-state index < -0.39 is 7.12 Å². The highest BCUT2D eigenvalue weighted by molar-refractivity contribution is 9.10. The molecule has 0 radical (unpaired) electrons. The van der Waals surface area contributed by atoms with Gasteiger partial charge < -0.3 is 28.3 Å². The average Bonchev–Trinajstić information content (AvgIpc) is 1.57. The lowest BCUT2D eigenvalue weighted by molar-refractivity contribution is 0.426. The first kappa shape index (κ1) is 56.0. The molecule has 0 bridgehead atoms. The van der Waals surface area contributed by atoms with Crippen molar-refractivity contribution in [3.63, 3.8) is 0 Å². The van der Waals surface area contributed by atoms with Crippen molar-refractivity contribution in [1.82, 2.24) is 18.3 Å². The predicted octanol–water partition coefficient (Wildman–Crippen LogP) is 22.3. The Balaban J connectivity index is 0.000000113. The van der Waals surface area contributed by atoms with Crippen molar-refractivity contribution in [2.24, 2.45) is 0 Å². The Hall–Kier alpha value is -10.8. The van der Waals surface area contributed by atoms with Crippen LogP contribution >= 0.6 is 38.6 Å². The molecule has 6 nitrogen and oxygen atoms in total. The maximum absolute atomic E-state index is 9.43. The summed E-state index contributed by atoms with van der Waals surface area (Å²) in [6, 6.07) is 112. The van der Waals surface area contributed by atoms with Gasteiger partial charge in [0.25, 0.3) is 0 Å². The van der Waals surface area contributed by atoms with Crippen LogP contribution in [0.25, 0.3) is 161 Å². The van der Waals surface area contributed by atoms with Gasteiger partial charge >= 0.3 is 7.12 Å². The van der Waals surface area contributed by atoms with Crippen molar-refractivity contribution < 1.29 is 10.0 Å². The second-order valence-corrected chi connectivity index (χ2v) is 26.8. The molecule has 0 saturated heterocycles. The Labute approximate surface area is 556 Å². The largest absolute Gasteiger partial charge is 0.488 e. The van der Waals surface area contributed by atoms with Gasteiger partial charge in [0.05, 0.1) is 53.5 Å². The van der Waals surface area contributed by atoms with E-state index in [1.807, 2.05) is 65.1 Å². The number of hydrogen-bond acceptors (Lipinski definition) is 4. The summed E-state index contributed by atoms with van der Waals surface area (Å²) in [7, 11) is -1.46. The van der Waals surface area contributed by atoms with Gasteiger partial charge in [-0.15, -0.1) is 22.7 Å². The highest BCUT2D eigenvalue weighted by Crippen LogP contribution is 2.50. The molecule has 0 aliphatic heterocycles. The summed E-state index contributed by atoms with van der Waals surface area (Å²) in [4.78, 5) is 0. The van der Waals surface area contributed by atoms with Crippen LogP contribution in [0.4, 0.5) is 0 Å². The first-order chi connectivity index (χ1) is 46.4. The molecule has 0 saturated carbocycles. The molecule has 0 atom stereocenters. The van der Waals surface area contributed by atoms with Crippen LogP contribution in [0.5, 0.6) is 0 Å². The third kappa shape index (κ3) is 8.97. The Morgan fingerprint density at radius 2 is 0.617 bits per heavy atom.